The number of fused-ring (bicyclic) bond motifs is 9. The van der Waals surface area contributed by atoms with Crippen LogP contribution >= 0.6 is 0 Å². The zero-order valence-electron chi connectivity index (χ0n) is 90.3. The summed E-state index contributed by atoms with van der Waals surface area (Å²) in [5.74, 6) is 23.4. The second-order valence-electron chi connectivity index (χ2n) is 47.2. The van der Waals surface area contributed by atoms with Crippen molar-refractivity contribution in [2.45, 2.75) is 254 Å². The minimum atomic E-state index is -1.90. The molecule has 0 N–H and O–H groups in total. The van der Waals surface area contributed by atoms with Crippen LogP contribution in [0.1, 0.15) is 190 Å². The van der Waals surface area contributed by atoms with E-state index in [1.807, 2.05) is 124 Å². The van der Waals surface area contributed by atoms with Gasteiger partial charge in [0.05, 0.1) is 16.7 Å². The van der Waals surface area contributed by atoms with Crippen LogP contribution in [0.3, 0.4) is 0 Å². The molecule has 757 valence electrons. The maximum absolute atomic E-state index is 5.88. The van der Waals surface area contributed by atoms with Gasteiger partial charge in [-0.15, -0.1) is 71.3 Å². The average molecular weight is 2630 g/mol. The van der Waals surface area contributed by atoms with E-state index < -0.39 is 39.8 Å². The monoisotopic (exact) mass is 2630 g/mol. The third kappa shape index (κ3) is 31.2. The minimum Gasteiger partial charge on any atom is -0.486 e. The smallest absolute Gasteiger partial charge is 0.216 e. The van der Waals surface area contributed by atoms with Gasteiger partial charge >= 0.3 is 396 Å². The van der Waals surface area contributed by atoms with E-state index in [-0.39, 0.29) is 65.7 Å². The molecular formula is C126H145Ge3Ir3N9O3-6. The normalized spacial score (nSPS) is 12.5. The Labute approximate surface area is 907 Å². The molecule has 0 spiro atoms. The molecule has 0 bridgehead atoms. The van der Waals surface area contributed by atoms with Gasteiger partial charge in [0, 0.05) is 112 Å². The molecule has 0 unspecified atom stereocenters. The van der Waals surface area contributed by atoms with E-state index >= 15 is 0 Å². The summed E-state index contributed by atoms with van der Waals surface area (Å²) in [6, 6.07) is 81.9. The molecule has 1 saturated carbocycles. The first kappa shape index (κ1) is 115. The molecule has 0 amide bonds. The van der Waals surface area contributed by atoms with Crippen LogP contribution in [0.2, 0.25) is 51.8 Å². The number of rotatable bonds is 17. The van der Waals surface area contributed by atoms with Crippen LogP contribution in [0.4, 0.5) is 0 Å². The van der Waals surface area contributed by atoms with Crippen molar-refractivity contribution in [3.05, 3.63) is 323 Å². The van der Waals surface area contributed by atoms with E-state index in [0.29, 0.717) is 39.3 Å². The number of hydrogen-bond donors (Lipinski definition) is 0. The predicted octanol–water partition coefficient (Wildman–Crippen LogP) is 31.9. The second-order valence-corrected chi connectivity index (χ2v) is 79.0. The second kappa shape index (κ2) is 48.7. The minimum absolute atomic E-state index is 0. The molecule has 18 aromatic rings. The summed E-state index contributed by atoms with van der Waals surface area (Å²) in [7, 11) is 0. The number of benzene rings is 6. The molecule has 12 aromatic heterocycles. The molecule has 1 aliphatic rings. The Bertz CT molecular complexity index is 7140. The van der Waals surface area contributed by atoms with Crippen molar-refractivity contribution in [1.82, 2.24) is 44.9 Å². The van der Waals surface area contributed by atoms with Crippen molar-refractivity contribution in [2.24, 2.45) is 33.5 Å². The molecule has 0 saturated heterocycles. The fourth-order valence-corrected chi connectivity index (χ4v) is 28.5. The molecular weight excluding hydrogens is 2480 g/mol. The van der Waals surface area contributed by atoms with Crippen LogP contribution in [0.5, 0.6) is 0 Å². The molecule has 18 heteroatoms. The van der Waals surface area contributed by atoms with Crippen LogP contribution in [0, 0.1) is 111 Å². The summed E-state index contributed by atoms with van der Waals surface area (Å²) in [5.41, 5.74) is 33.0. The molecule has 144 heavy (non-hydrogen) atoms. The van der Waals surface area contributed by atoms with Crippen molar-refractivity contribution < 1.29 is 73.6 Å². The van der Waals surface area contributed by atoms with E-state index in [0.717, 1.165) is 172 Å². The fourth-order valence-electron chi connectivity index (χ4n) is 18.6. The van der Waals surface area contributed by atoms with Crippen LogP contribution in [-0.4, -0.2) is 84.7 Å². The maximum Gasteiger partial charge on any atom is 0.216 e. The van der Waals surface area contributed by atoms with Gasteiger partial charge in [-0.25, -0.2) is 15.0 Å². The first-order chi connectivity index (χ1) is 66.5. The van der Waals surface area contributed by atoms with Gasteiger partial charge in [0.25, 0.3) is 0 Å². The zero-order valence-corrected chi connectivity index (χ0v) is 104. The SMILES string of the molecule is CC(C)(C)Cc1cc(-c2[c-]cccc2)nc[c]1[Ge]([CH3])([CH3])[CH3].CC(C)(C)Cc1cc(-c2[c-]cccc2)nc[c]1[Ge]([CH3])([CH3])[CH3].CC(C)(C)Cc1cc(-c2[c-]cccc2)nc[c]1[Ge]([CH3])([CH3])[CH3].Cc1ccc2c(n1)oc1c[c-]c(-c3cc(C)c(CC4CCCC4)cn3)cc12.Cc1ccc2c(n1)oc1c[c-]c(-c3cc(CC(C)(C)C)c(C)cn3)cc12.Cc1ccc2c(n1)oc1c[c-]c(-c3cc(CC(C)C)c(C)cn3)cc12.[Ir].[Ir].[Ir]. The van der Waals surface area contributed by atoms with Crippen LogP contribution in [-0.2, 0) is 98.8 Å². The van der Waals surface area contributed by atoms with Gasteiger partial charge in [-0.05, 0) is 148 Å². The van der Waals surface area contributed by atoms with Crippen LogP contribution < -0.4 is 13.2 Å². The van der Waals surface area contributed by atoms with Crippen LogP contribution in [0.15, 0.2) is 232 Å². The molecule has 6 aromatic carbocycles. The quantitative estimate of drug-likeness (QED) is 0.0629. The Hall–Kier alpha value is -9.35. The Balaban J connectivity index is 0.000000165. The number of aryl methyl sites for hydroxylation is 6. The largest absolute Gasteiger partial charge is 0.486 e. The third-order valence-electron chi connectivity index (χ3n) is 25.5. The molecule has 12 nitrogen and oxygen atoms in total. The van der Waals surface area contributed by atoms with Crippen molar-refractivity contribution in [3.63, 3.8) is 0 Å². The van der Waals surface area contributed by atoms with E-state index in [9.17, 15) is 0 Å². The molecule has 0 aliphatic heterocycles. The summed E-state index contributed by atoms with van der Waals surface area (Å²) >= 11 is -5.69. The Morgan fingerprint density at radius 2 is 0.604 bits per heavy atom. The van der Waals surface area contributed by atoms with Crippen LogP contribution in [0.25, 0.3) is 134 Å². The standard InChI is InChI=1S/C24H23N2O.C23H23N2O.C22H21N2O.3C19H26GeN.3Ir/c1-15-11-22(25-14-19(15)12-17-5-3-4-6-17)18-8-10-23-21(13-18)20-9-7-16(2)26-24(20)27-23;1-14-13-24-20(11-17(14)12-23(3,4)5)16-7-9-21-19(10-16)18-8-6-15(2)25-22(18)26-21;1-13(2)9-17-11-20(23-12-14(17)3)16-6-8-21-19(10-16)18-7-5-15(4)24-22(18)25-21;3*1-19(2,3)13-16-12-18(15-10-8-7-9-11-15)21-14-17(16)20(4,5)6;;;/h7,9-11,13-14,17H,3-6,12H2,1-2H3;6,8-11,13H,12H2,1-5H3;5,7-8,10-13H,9H2,1-4H3;3*7-10,12,14H,13H2,1-6H3;;;/q6*-1;;;. The summed E-state index contributed by atoms with van der Waals surface area (Å²) in [6.07, 6.45) is 24.5. The predicted molar refractivity (Wildman–Crippen MR) is 600 cm³/mol. The maximum atomic E-state index is 5.88. The van der Waals surface area contributed by atoms with E-state index in [1.54, 1.807) is 0 Å². The summed E-state index contributed by atoms with van der Waals surface area (Å²) in [4.78, 5) is 41.7. The molecule has 19 rings (SSSR count). The number of pyridine rings is 9. The average Bonchev–Trinajstić information content (AvgIpc) is 1.62. The Kier molecular flexibility index (Phi) is 38.9. The van der Waals surface area contributed by atoms with Crippen molar-refractivity contribution in [3.8, 4) is 67.5 Å². The van der Waals surface area contributed by atoms with Gasteiger partial charge in [0.15, 0.2) is 0 Å². The number of hydrogen-bond acceptors (Lipinski definition) is 12. The number of nitrogens with zero attached hydrogens (tertiary/aromatic N) is 9. The molecule has 0 atom stereocenters. The summed E-state index contributed by atoms with van der Waals surface area (Å²) in [6.45, 7) is 44.4. The van der Waals surface area contributed by atoms with Gasteiger partial charge in [-0.1, -0.05) is 111 Å². The molecule has 12 heterocycles. The van der Waals surface area contributed by atoms with E-state index in [2.05, 4.69) is 347 Å². The Morgan fingerprint density at radius 1 is 0.312 bits per heavy atom. The van der Waals surface area contributed by atoms with Gasteiger partial charge in [-0.2, -0.15) is 0 Å². The van der Waals surface area contributed by atoms with Crippen molar-refractivity contribution >= 4 is 119 Å². The zero-order chi connectivity index (χ0) is 101. The Morgan fingerprint density at radius 3 is 0.910 bits per heavy atom. The number of furan rings is 3. The van der Waals surface area contributed by atoms with Crippen molar-refractivity contribution in [1.29, 1.82) is 0 Å². The van der Waals surface area contributed by atoms with E-state index in [4.69, 9.17) is 33.2 Å². The van der Waals surface area contributed by atoms with Gasteiger partial charge in [0.1, 0.15) is 0 Å². The summed E-state index contributed by atoms with van der Waals surface area (Å²) in [5, 5.41) is 6.29. The summed E-state index contributed by atoms with van der Waals surface area (Å²) < 4.78 is 22.2. The third-order valence-corrected chi connectivity index (χ3v) is 38.6. The fraction of sp³-hybridized carbons (Fsp3) is 0.357. The van der Waals surface area contributed by atoms with Crippen molar-refractivity contribution in [2.75, 3.05) is 0 Å². The topological polar surface area (TPSA) is 155 Å². The van der Waals surface area contributed by atoms with E-state index in [1.165, 1.54) is 95.4 Å². The molecule has 1 aliphatic carbocycles. The van der Waals surface area contributed by atoms with Gasteiger partial charge < -0.3 is 28.2 Å². The molecule has 3 radical (unpaired) electrons. The first-order valence-electron chi connectivity index (χ1n) is 50.4. The van der Waals surface area contributed by atoms with Gasteiger partial charge in [0.2, 0.25) is 17.1 Å². The molecule has 1 fully saturated rings. The number of aromatic nitrogens is 9. The van der Waals surface area contributed by atoms with Gasteiger partial charge in [-0.3, -0.25) is 0 Å². The first-order valence-corrected chi connectivity index (χ1v) is 72.4.